The van der Waals surface area contributed by atoms with E-state index in [1.165, 1.54) is 0 Å². The van der Waals surface area contributed by atoms with Gasteiger partial charge in [0.2, 0.25) is 0 Å². The molecule has 0 spiro atoms. The molecule has 3 N–H and O–H groups in total. The van der Waals surface area contributed by atoms with Crippen molar-refractivity contribution in [2.24, 2.45) is 5.73 Å². The molecule has 0 amide bonds. The molecule has 1 rings (SSSR count). The Hall–Kier alpha value is -0.650. The third-order valence-electron chi connectivity index (χ3n) is 1.41. The zero-order valence-electron chi connectivity index (χ0n) is 6.99. The number of ether oxygens (including phenoxy) is 1. The molecule has 0 fully saturated rings. The van der Waals surface area contributed by atoms with Gasteiger partial charge in [0, 0.05) is 25.2 Å². The first-order valence-electron chi connectivity index (χ1n) is 3.72. The van der Waals surface area contributed by atoms with Crippen molar-refractivity contribution in [2.75, 3.05) is 25.6 Å². The number of rotatable bonds is 5. The summed E-state index contributed by atoms with van der Waals surface area (Å²) in [6.45, 7) is 1.16. The molecule has 1 heterocycles. The predicted octanol–water partition coefficient (Wildman–Crippen LogP) is 0.529. The van der Waals surface area contributed by atoms with Gasteiger partial charge in [0.1, 0.15) is 0 Å². The number of methoxy groups -OCH3 is 1. The van der Waals surface area contributed by atoms with Crippen LogP contribution in [-0.2, 0) is 4.74 Å². The summed E-state index contributed by atoms with van der Waals surface area (Å²) in [5.41, 5.74) is 5.51. The molecule has 68 valence electrons. The highest BCUT2D eigenvalue weighted by Gasteiger charge is 2.06. The first kappa shape index (κ1) is 9.44. The van der Waals surface area contributed by atoms with E-state index in [1.54, 1.807) is 24.6 Å². The van der Waals surface area contributed by atoms with Crippen molar-refractivity contribution in [3.8, 4) is 0 Å². The maximum Gasteiger partial charge on any atom is 0.182 e. The van der Waals surface area contributed by atoms with Crippen molar-refractivity contribution in [1.29, 1.82) is 0 Å². The van der Waals surface area contributed by atoms with Gasteiger partial charge < -0.3 is 15.8 Å². The highest BCUT2D eigenvalue weighted by Crippen LogP contribution is 2.11. The summed E-state index contributed by atoms with van der Waals surface area (Å²) >= 11 is 1.56. The molecule has 5 heteroatoms. The molecule has 1 aromatic heterocycles. The molecule has 0 saturated carbocycles. The second-order valence-corrected chi connectivity index (χ2v) is 3.26. The zero-order chi connectivity index (χ0) is 8.81. The van der Waals surface area contributed by atoms with Gasteiger partial charge in [-0.15, -0.1) is 11.3 Å². The van der Waals surface area contributed by atoms with Crippen LogP contribution >= 0.6 is 11.3 Å². The first-order valence-corrected chi connectivity index (χ1v) is 4.59. The Bertz CT molecular complexity index is 202. The fourth-order valence-corrected chi connectivity index (χ4v) is 1.45. The summed E-state index contributed by atoms with van der Waals surface area (Å²) < 4.78 is 4.98. The summed E-state index contributed by atoms with van der Waals surface area (Å²) in [5.74, 6) is 0. The third-order valence-corrected chi connectivity index (χ3v) is 2.12. The third kappa shape index (κ3) is 2.77. The van der Waals surface area contributed by atoms with E-state index in [4.69, 9.17) is 10.5 Å². The summed E-state index contributed by atoms with van der Waals surface area (Å²) in [4.78, 5) is 4.08. The van der Waals surface area contributed by atoms with E-state index in [1.807, 2.05) is 5.38 Å². The lowest BCUT2D eigenvalue weighted by Crippen LogP contribution is -2.32. The number of nitrogens with two attached hydrogens (primary N) is 1. The van der Waals surface area contributed by atoms with Crippen LogP contribution in [0.5, 0.6) is 0 Å². The van der Waals surface area contributed by atoms with Gasteiger partial charge in [-0.2, -0.15) is 0 Å². The lowest BCUT2D eigenvalue weighted by atomic mass is 10.3. The molecule has 1 aromatic rings. The minimum Gasteiger partial charge on any atom is -0.383 e. The fraction of sp³-hybridized carbons (Fsp3) is 0.571. The molecular weight excluding hydrogens is 174 g/mol. The quantitative estimate of drug-likeness (QED) is 0.706. The van der Waals surface area contributed by atoms with Crippen LogP contribution in [0.15, 0.2) is 11.6 Å². The van der Waals surface area contributed by atoms with E-state index in [0.717, 1.165) is 5.13 Å². The van der Waals surface area contributed by atoms with E-state index < -0.39 is 0 Å². The summed E-state index contributed by atoms with van der Waals surface area (Å²) in [5, 5.41) is 5.98. The number of nitrogens with zero attached hydrogens (tertiary/aromatic N) is 1. The van der Waals surface area contributed by atoms with Crippen LogP contribution < -0.4 is 11.1 Å². The van der Waals surface area contributed by atoms with Crippen LogP contribution in [0.2, 0.25) is 0 Å². The largest absolute Gasteiger partial charge is 0.383 e. The molecule has 0 aromatic carbocycles. The average Bonchev–Trinajstić information content (AvgIpc) is 2.56. The van der Waals surface area contributed by atoms with Crippen LogP contribution in [0.3, 0.4) is 0 Å². The number of anilines is 1. The SMILES string of the molecule is COCC(CN)Nc1nccs1. The monoisotopic (exact) mass is 187 g/mol. The number of hydrogen-bond acceptors (Lipinski definition) is 5. The van der Waals surface area contributed by atoms with Crippen LogP contribution in [0, 0.1) is 0 Å². The van der Waals surface area contributed by atoms with E-state index in [9.17, 15) is 0 Å². The number of thiazole rings is 1. The maximum absolute atomic E-state index is 5.51. The topological polar surface area (TPSA) is 60.2 Å². The van der Waals surface area contributed by atoms with Gasteiger partial charge in [-0.25, -0.2) is 4.98 Å². The molecule has 12 heavy (non-hydrogen) atoms. The second-order valence-electron chi connectivity index (χ2n) is 2.37. The van der Waals surface area contributed by atoms with Crippen molar-refractivity contribution < 1.29 is 4.74 Å². The highest BCUT2D eigenvalue weighted by molar-refractivity contribution is 7.13. The van der Waals surface area contributed by atoms with E-state index in [-0.39, 0.29) is 6.04 Å². The van der Waals surface area contributed by atoms with Gasteiger partial charge >= 0.3 is 0 Å². The molecule has 0 aliphatic rings. The normalized spacial score (nSPS) is 12.8. The van der Waals surface area contributed by atoms with Crippen molar-refractivity contribution >= 4 is 16.5 Å². The summed E-state index contributed by atoms with van der Waals surface area (Å²) in [7, 11) is 1.66. The van der Waals surface area contributed by atoms with Crippen molar-refractivity contribution in [3.63, 3.8) is 0 Å². The molecule has 1 unspecified atom stereocenters. The van der Waals surface area contributed by atoms with Crippen LogP contribution in [-0.4, -0.2) is 31.3 Å². The van der Waals surface area contributed by atoms with E-state index in [0.29, 0.717) is 13.2 Å². The van der Waals surface area contributed by atoms with Crippen molar-refractivity contribution in [3.05, 3.63) is 11.6 Å². The Balaban J connectivity index is 2.37. The Morgan fingerprint density at radius 1 is 1.83 bits per heavy atom. The lowest BCUT2D eigenvalue weighted by molar-refractivity contribution is 0.187. The number of aromatic nitrogens is 1. The van der Waals surface area contributed by atoms with Crippen molar-refractivity contribution in [1.82, 2.24) is 4.98 Å². The average molecular weight is 187 g/mol. The molecular formula is C7H13N3OS. The molecule has 0 radical (unpaired) electrons. The number of nitrogens with one attached hydrogen (secondary N) is 1. The lowest BCUT2D eigenvalue weighted by Gasteiger charge is -2.14. The van der Waals surface area contributed by atoms with Gasteiger partial charge in [0.25, 0.3) is 0 Å². The second kappa shape index (κ2) is 5.08. The zero-order valence-corrected chi connectivity index (χ0v) is 7.80. The predicted molar refractivity (Wildman–Crippen MR) is 50.5 cm³/mol. The van der Waals surface area contributed by atoms with Crippen LogP contribution in [0.25, 0.3) is 0 Å². The molecule has 0 aliphatic carbocycles. The smallest absolute Gasteiger partial charge is 0.182 e. The van der Waals surface area contributed by atoms with Gasteiger partial charge in [-0.1, -0.05) is 0 Å². The Labute approximate surface area is 75.8 Å². The standard InChI is InChI=1S/C7H13N3OS/c1-11-5-6(4-8)10-7-9-2-3-12-7/h2-3,6H,4-5,8H2,1H3,(H,9,10). The number of hydrogen-bond donors (Lipinski definition) is 2. The maximum atomic E-state index is 5.51. The molecule has 4 nitrogen and oxygen atoms in total. The van der Waals surface area contributed by atoms with E-state index >= 15 is 0 Å². The Morgan fingerprint density at radius 3 is 3.17 bits per heavy atom. The van der Waals surface area contributed by atoms with Gasteiger partial charge in [0.05, 0.1) is 12.6 Å². The van der Waals surface area contributed by atoms with Crippen LogP contribution in [0.1, 0.15) is 0 Å². The van der Waals surface area contributed by atoms with Crippen molar-refractivity contribution in [2.45, 2.75) is 6.04 Å². The molecule has 0 saturated heterocycles. The van der Waals surface area contributed by atoms with Gasteiger partial charge in [0.15, 0.2) is 5.13 Å². The molecule has 1 atom stereocenters. The van der Waals surface area contributed by atoms with Crippen LogP contribution in [0.4, 0.5) is 5.13 Å². The highest BCUT2D eigenvalue weighted by atomic mass is 32.1. The molecule has 0 bridgehead atoms. The minimum absolute atomic E-state index is 0.154. The Morgan fingerprint density at radius 2 is 2.67 bits per heavy atom. The summed E-state index contributed by atoms with van der Waals surface area (Å²) in [6, 6.07) is 0.154. The minimum atomic E-state index is 0.154. The molecule has 0 aliphatic heterocycles. The summed E-state index contributed by atoms with van der Waals surface area (Å²) in [6.07, 6.45) is 1.76. The Kier molecular flexibility index (Phi) is 3.99. The van der Waals surface area contributed by atoms with Gasteiger partial charge in [-0.05, 0) is 0 Å². The first-order chi connectivity index (χ1) is 5.86. The van der Waals surface area contributed by atoms with E-state index in [2.05, 4.69) is 10.3 Å². The fourth-order valence-electron chi connectivity index (χ4n) is 0.839. The van der Waals surface area contributed by atoms with Gasteiger partial charge in [-0.3, -0.25) is 0 Å².